The molecule has 4 heteroatoms. The zero-order valence-electron chi connectivity index (χ0n) is 14.2. The van der Waals surface area contributed by atoms with Crippen molar-refractivity contribution in [2.75, 3.05) is 31.1 Å². The summed E-state index contributed by atoms with van der Waals surface area (Å²) in [5.41, 5.74) is 3.83. The van der Waals surface area contributed by atoms with Gasteiger partial charge in [0.05, 0.1) is 0 Å². The molecule has 0 N–H and O–H groups in total. The molecule has 1 amide bonds. The maximum Gasteiger partial charge on any atom is 0.223 e. The lowest BCUT2D eigenvalue weighted by Crippen LogP contribution is -2.49. The van der Waals surface area contributed by atoms with Gasteiger partial charge >= 0.3 is 0 Å². The van der Waals surface area contributed by atoms with Crippen molar-refractivity contribution in [3.63, 3.8) is 0 Å². The first-order chi connectivity index (χ1) is 11.0. The smallest absolute Gasteiger partial charge is 0.223 e. The van der Waals surface area contributed by atoms with Crippen molar-refractivity contribution >= 4 is 17.4 Å². The summed E-state index contributed by atoms with van der Waals surface area (Å²) < 4.78 is 0. The SMILES string of the molecule is Cc1ccc(C)c(N2CCN(C(=O)CCC(=O)C3CC3)CC2)c1. The van der Waals surface area contributed by atoms with Crippen LogP contribution in [0.25, 0.3) is 0 Å². The Morgan fingerprint density at radius 1 is 1.04 bits per heavy atom. The number of carbonyl (C=O) groups is 2. The minimum atomic E-state index is 0.139. The van der Waals surface area contributed by atoms with Crippen molar-refractivity contribution in [2.24, 2.45) is 5.92 Å². The topological polar surface area (TPSA) is 40.6 Å². The third-order valence-electron chi connectivity index (χ3n) is 4.96. The fourth-order valence-corrected chi connectivity index (χ4v) is 3.25. The molecule has 0 aromatic heterocycles. The van der Waals surface area contributed by atoms with Crippen molar-refractivity contribution in [1.29, 1.82) is 0 Å². The third-order valence-corrected chi connectivity index (χ3v) is 4.96. The molecule has 1 aromatic rings. The second-order valence-corrected chi connectivity index (χ2v) is 6.90. The van der Waals surface area contributed by atoms with Crippen molar-refractivity contribution in [2.45, 2.75) is 39.5 Å². The second-order valence-electron chi connectivity index (χ2n) is 6.90. The van der Waals surface area contributed by atoms with Crippen LogP contribution in [0.3, 0.4) is 0 Å². The number of anilines is 1. The quantitative estimate of drug-likeness (QED) is 0.839. The van der Waals surface area contributed by atoms with Gasteiger partial charge in [0.25, 0.3) is 0 Å². The predicted molar refractivity (Wildman–Crippen MR) is 91.7 cm³/mol. The van der Waals surface area contributed by atoms with Gasteiger partial charge in [0.2, 0.25) is 5.91 Å². The molecule has 1 saturated carbocycles. The Bertz CT molecular complexity index is 599. The normalized spacial score (nSPS) is 18.2. The standard InChI is InChI=1S/C19H26N2O2/c1-14-3-4-15(2)17(13-14)20-9-11-21(12-10-20)19(23)8-7-18(22)16-5-6-16/h3-4,13,16H,5-12H2,1-2H3. The van der Waals surface area contributed by atoms with Gasteiger partial charge in [0.15, 0.2) is 0 Å². The highest BCUT2D eigenvalue weighted by molar-refractivity contribution is 5.87. The molecule has 0 spiro atoms. The minimum absolute atomic E-state index is 0.139. The molecule has 23 heavy (non-hydrogen) atoms. The van der Waals surface area contributed by atoms with Gasteiger partial charge in [0.1, 0.15) is 5.78 Å². The summed E-state index contributed by atoms with van der Waals surface area (Å²) in [6.45, 7) is 7.49. The number of nitrogens with zero attached hydrogens (tertiary/aromatic N) is 2. The Morgan fingerprint density at radius 2 is 1.74 bits per heavy atom. The average molecular weight is 314 g/mol. The summed E-state index contributed by atoms with van der Waals surface area (Å²) in [6, 6.07) is 6.52. The van der Waals surface area contributed by atoms with E-state index in [1.807, 2.05) is 4.90 Å². The van der Waals surface area contributed by atoms with Crippen LogP contribution in [0.4, 0.5) is 5.69 Å². The monoisotopic (exact) mass is 314 g/mol. The number of amides is 1. The number of ketones is 1. The molecule has 3 rings (SSSR count). The lowest BCUT2D eigenvalue weighted by Gasteiger charge is -2.37. The molecule has 4 nitrogen and oxygen atoms in total. The van der Waals surface area contributed by atoms with Crippen LogP contribution in [-0.4, -0.2) is 42.8 Å². The summed E-state index contributed by atoms with van der Waals surface area (Å²) in [7, 11) is 0. The first-order valence-electron chi connectivity index (χ1n) is 8.67. The van der Waals surface area contributed by atoms with E-state index in [1.165, 1.54) is 16.8 Å². The zero-order valence-corrected chi connectivity index (χ0v) is 14.2. The Kier molecular flexibility index (Phi) is 4.69. The van der Waals surface area contributed by atoms with Crippen LogP contribution in [0, 0.1) is 19.8 Å². The molecule has 1 aliphatic heterocycles. The maximum atomic E-state index is 12.3. The van der Waals surface area contributed by atoms with Gasteiger partial charge in [-0.25, -0.2) is 0 Å². The fraction of sp³-hybridized carbons (Fsp3) is 0.579. The molecule has 0 bridgehead atoms. The Balaban J connectivity index is 1.50. The van der Waals surface area contributed by atoms with Crippen LogP contribution >= 0.6 is 0 Å². The molecule has 1 aromatic carbocycles. The molecule has 0 atom stereocenters. The first-order valence-corrected chi connectivity index (χ1v) is 8.67. The lowest BCUT2D eigenvalue weighted by molar-refractivity contribution is -0.133. The van der Waals surface area contributed by atoms with Gasteiger partial charge in [-0.15, -0.1) is 0 Å². The number of hydrogen-bond donors (Lipinski definition) is 0. The summed E-state index contributed by atoms with van der Waals surface area (Å²) in [5.74, 6) is 0.691. The van der Waals surface area contributed by atoms with Crippen LogP contribution in [0.15, 0.2) is 18.2 Å². The van der Waals surface area contributed by atoms with E-state index < -0.39 is 0 Å². The van der Waals surface area contributed by atoms with Crippen molar-refractivity contribution < 1.29 is 9.59 Å². The van der Waals surface area contributed by atoms with E-state index in [1.54, 1.807) is 0 Å². The molecule has 1 saturated heterocycles. The van der Waals surface area contributed by atoms with E-state index in [0.717, 1.165) is 39.0 Å². The Morgan fingerprint density at radius 3 is 2.39 bits per heavy atom. The molecule has 124 valence electrons. The predicted octanol–water partition coefficient (Wildman–Crippen LogP) is 2.71. The Labute approximate surface area is 138 Å². The van der Waals surface area contributed by atoms with E-state index in [-0.39, 0.29) is 17.6 Å². The van der Waals surface area contributed by atoms with Crippen LogP contribution in [0.5, 0.6) is 0 Å². The number of piperazine rings is 1. The maximum absolute atomic E-state index is 12.3. The van der Waals surface area contributed by atoms with Gasteiger partial charge < -0.3 is 9.80 Å². The van der Waals surface area contributed by atoms with Crippen molar-refractivity contribution in [1.82, 2.24) is 4.90 Å². The summed E-state index contributed by atoms with van der Waals surface area (Å²) >= 11 is 0. The van der Waals surface area contributed by atoms with E-state index in [9.17, 15) is 9.59 Å². The Hall–Kier alpha value is -1.84. The minimum Gasteiger partial charge on any atom is -0.368 e. The molecule has 1 heterocycles. The second kappa shape index (κ2) is 6.73. The third kappa shape index (κ3) is 3.92. The number of hydrogen-bond acceptors (Lipinski definition) is 3. The van der Waals surface area contributed by atoms with E-state index in [0.29, 0.717) is 12.8 Å². The van der Waals surface area contributed by atoms with Crippen LogP contribution in [0.2, 0.25) is 0 Å². The van der Waals surface area contributed by atoms with Crippen molar-refractivity contribution in [3.8, 4) is 0 Å². The highest BCUT2D eigenvalue weighted by Gasteiger charge is 2.30. The molecule has 2 aliphatic rings. The first kappa shape index (κ1) is 16.0. The number of rotatable bonds is 5. The van der Waals surface area contributed by atoms with E-state index in [4.69, 9.17) is 0 Å². The number of benzene rings is 1. The van der Waals surface area contributed by atoms with Gasteiger partial charge in [-0.2, -0.15) is 0 Å². The average Bonchev–Trinajstić information content (AvgIpc) is 3.40. The number of carbonyl (C=O) groups excluding carboxylic acids is 2. The summed E-state index contributed by atoms with van der Waals surface area (Å²) in [4.78, 5) is 28.3. The van der Waals surface area contributed by atoms with Crippen LogP contribution in [0.1, 0.15) is 36.8 Å². The van der Waals surface area contributed by atoms with Gasteiger partial charge in [0, 0.05) is 50.6 Å². The summed E-state index contributed by atoms with van der Waals surface area (Å²) in [6.07, 6.45) is 2.88. The molecule has 0 unspecified atom stereocenters. The zero-order chi connectivity index (χ0) is 16.4. The fourth-order valence-electron chi connectivity index (χ4n) is 3.25. The van der Waals surface area contributed by atoms with Crippen LogP contribution in [-0.2, 0) is 9.59 Å². The number of aryl methyl sites for hydroxylation is 2. The van der Waals surface area contributed by atoms with E-state index in [2.05, 4.69) is 36.9 Å². The van der Waals surface area contributed by atoms with Gasteiger partial charge in [-0.1, -0.05) is 12.1 Å². The van der Waals surface area contributed by atoms with E-state index >= 15 is 0 Å². The number of Topliss-reactive ketones (excluding diaryl/α,β-unsaturated/α-hetero) is 1. The highest BCUT2D eigenvalue weighted by atomic mass is 16.2. The molecular formula is C19H26N2O2. The molecule has 1 aliphatic carbocycles. The van der Waals surface area contributed by atoms with Gasteiger partial charge in [-0.3, -0.25) is 9.59 Å². The molecule has 2 fully saturated rings. The molecular weight excluding hydrogens is 288 g/mol. The lowest BCUT2D eigenvalue weighted by atomic mass is 10.1. The van der Waals surface area contributed by atoms with Crippen molar-refractivity contribution in [3.05, 3.63) is 29.3 Å². The van der Waals surface area contributed by atoms with Gasteiger partial charge in [-0.05, 0) is 43.9 Å². The largest absolute Gasteiger partial charge is 0.368 e. The summed E-state index contributed by atoms with van der Waals surface area (Å²) in [5, 5.41) is 0. The van der Waals surface area contributed by atoms with Crippen LogP contribution < -0.4 is 4.90 Å². The molecule has 0 radical (unpaired) electrons. The highest BCUT2D eigenvalue weighted by Crippen LogP contribution is 2.31.